The molecule has 0 spiro atoms. The highest BCUT2D eigenvalue weighted by Gasteiger charge is 2.27. The fourth-order valence-electron chi connectivity index (χ4n) is 2.96. The molecule has 0 fully saturated rings. The van der Waals surface area contributed by atoms with Gasteiger partial charge in [0.1, 0.15) is 4.21 Å². The first-order valence-electron chi connectivity index (χ1n) is 9.25. The van der Waals surface area contributed by atoms with E-state index in [0.29, 0.717) is 0 Å². The summed E-state index contributed by atoms with van der Waals surface area (Å²) in [4.78, 5) is 12.8. The number of para-hydroxylation sites is 1. The number of carbonyl (C=O) groups excluding carboxylic acids is 1. The second kappa shape index (κ2) is 9.49. The van der Waals surface area contributed by atoms with Gasteiger partial charge in [0.25, 0.3) is 10.0 Å². The van der Waals surface area contributed by atoms with Crippen molar-refractivity contribution >= 4 is 33.0 Å². The maximum absolute atomic E-state index is 12.8. The fourth-order valence-corrected chi connectivity index (χ4v) is 5.48. The number of nitrogens with one attached hydrogen (secondary N) is 1. The predicted molar refractivity (Wildman–Crippen MR) is 117 cm³/mol. The Morgan fingerprint density at radius 2 is 1.75 bits per heavy atom. The van der Waals surface area contributed by atoms with Crippen LogP contribution in [0.5, 0.6) is 0 Å². The molecule has 5 nitrogen and oxygen atoms in total. The average Bonchev–Trinajstić information content (AvgIpc) is 3.16. The number of nitrogens with zero attached hydrogens (tertiary/aromatic N) is 1. The van der Waals surface area contributed by atoms with Crippen LogP contribution in [0.2, 0.25) is 0 Å². The van der Waals surface area contributed by atoms with Gasteiger partial charge in [-0.2, -0.15) is 4.31 Å². The van der Waals surface area contributed by atoms with Gasteiger partial charge in [0.15, 0.2) is 0 Å². The summed E-state index contributed by atoms with van der Waals surface area (Å²) in [6, 6.07) is 9.20. The number of anilines is 1. The van der Waals surface area contributed by atoms with Gasteiger partial charge in [0.05, 0.1) is 6.54 Å². The first-order valence-corrected chi connectivity index (χ1v) is 11.6. The zero-order valence-corrected chi connectivity index (χ0v) is 18.4. The topological polar surface area (TPSA) is 66.5 Å². The SMILES string of the molecule is C=CCN(CC(=O)Nc1c(C(C)C)cccc1C(C)C)S(=O)(=O)c1cccs1. The maximum atomic E-state index is 12.8. The largest absolute Gasteiger partial charge is 0.324 e. The smallest absolute Gasteiger partial charge is 0.253 e. The van der Waals surface area contributed by atoms with Crippen LogP contribution in [0.4, 0.5) is 5.69 Å². The Kier molecular flexibility index (Phi) is 7.57. The second-order valence-corrected chi connectivity index (χ2v) is 10.3. The van der Waals surface area contributed by atoms with Gasteiger partial charge < -0.3 is 5.32 Å². The van der Waals surface area contributed by atoms with Gasteiger partial charge >= 0.3 is 0 Å². The molecule has 152 valence electrons. The molecule has 0 saturated carbocycles. The lowest BCUT2D eigenvalue weighted by atomic mass is 9.92. The molecule has 2 rings (SSSR count). The Hall–Kier alpha value is -1.96. The van der Waals surface area contributed by atoms with Gasteiger partial charge in [0, 0.05) is 12.2 Å². The number of hydrogen-bond acceptors (Lipinski definition) is 4. The number of carbonyl (C=O) groups is 1. The van der Waals surface area contributed by atoms with Crippen molar-refractivity contribution < 1.29 is 13.2 Å². The van der Waals surface area contributed by atoms with E-state index in [0.717, 1.165) is 32.5 Å². The van der Waals surface area contributed by atoms with E-state index in [1.54, 1.807) is 17.5 Å². The van der Waals surface area contributed by atoms with Crippen LogP contribution in [0.1, 0.15) is 50.7 Å². The monoisotopic (exact) mass is 420 g/mol. The average molecular weight is 421 g/mol. The first-order chi connectivity index (χ1) is 13.2. The van der Waals surface area contributed by atoms with E-state index in [2.05, 4.69) is 39.6 Å². The quantitative estimate of drug-likeness (QED) is 0.592. The molecule has 0 atom stereocenters. The minimum atomic E-state index is -3.74. The molecule has 1 amide bonds. The lowest BCUT2D eigenvalue weighted by Gasteiger charge is -2.23. The molecule has 2 aromatic rings. The zero-order chi connectivity index (χ0) is 20.9. The van der Waals surface area contributed by atoms with E-state index in [9.17, 15) is 13.2 Å². The van der Waals surface area contributed by atoms with Crippen LogP contribution in [0.15, 0.2) is 52.6 Å². The minimum absolute atomic E-state index is 0.0660. The summed E-state index contributed by atoms with van der Waals surface area (Å²) in [6.45, 7) is 11.7. The molecule has 1 aromatic carbocycles. The van der Waals surface area contributed by atoms with Crippen molar-refractivity contribution in [1.82, 2.24) is 4.31 Å². The highest BCUT2D eigenvalue weighted by molar-refractivity contribution is 7.91. The molecular weight excluding hydrogens is 392 g/mol. The van der Waals surface area contributed by atoms with Gasteiger partial charge in [-0.1, -0.05) is 58.0 Å². The number of sulfonamides is 1. The van der Waals surface area contributed by atoms with Crippen LogP contribution in [0, 0.1) is 0 Å². The fraction of sp³-hybridized carbons (Fsp3) is 0.381. The molecule has 1 aromatic heterocycles. The summed E-state index contributed by atoms with van der Waals surface area (Å²) in [7, 11) is -3.74. The van der Waals surface area contributed by atoms with E-state index in [1.807, 2.05) is 18.2 Å². The summed E-state index contributed by atoms with van der Waals surface area (Å²) in [5.41, 5.74) is 2.86. The lowest BCUT2D eigenvalue weighted by molar-refractivity contribution is -0.116. The van der Waals surface area contributed by atoms with Crippen molar-refractivity contribution in [3.8, 4) is 0 Å². The molecule has 28 heavy (non-hydrogen) atoms. The van der Waals surface area contributed by atoms with Gasteiger partial charge in [-0.15, -0.1) is 17.9 Å². The lowest BCUT2D eigenvalue weighted by Crippen LogP contribution is -2.38. The summed E-state index contributed by atoms with van der Waals surface area (Å²) >= 11 is 1.13. The van der Waals surface area contributed by atoms with Crippen LogP contribution in [0.25, 0.3) is 0 Å². The van der Waals surface area contributed by atoms with Crippen LogP contribution in [-0.4, -0.2) is 31.7 Å². The second-order valence-electron chi connectivity index (χ2n) is 7.19. The van der Waals surface area contributed by atoms with Crippen molar-refractivity contribution in [2.75, 3.05) is 18.4 Å². The van der Waals surface area contributed by atoms with Crippen molar-refractivity contribution in [3.05, 3.63) is 59.5 Å². The van der Waals surface area contributed by atoms with E-state index in [1.165, 1.54) is 6.08 Å². The van der Waals surface area contributed by atoms with Crippen LogP contribution >= 0.6 is 11.3 Å². The van der Waals surface area contributed by atoms with Crippen LogP contribution in [-0.2, 0) is 14.8 Å². The van der Waals surface area contributed by atoms with Crippen molar-refractivity contribution in [2.24, 2.45) is 0 Å². The summed E-state index contributed by atoms with van der Waals surface area (Å²) in [5, 5.41) is 4.67. The van der Waals surface area contributed by atoms with Crippen LogP contribution in [0.3, 0.4) is 0 Å². The standard InChI is InChI=1S/C21H28N2O3S2/c1-6-12-23(28(25,26)20-11-8-13-27-20)14-19(24)22-21-17(15(2)3)9-7-10-18(21)16(4)5/h6-11,13,15-16H,1,12,14H2,2-5H3,(H,22,24). The zero-order valence-electron chi connectivity index (χ0n) is 16.8. The van der Waals surface area contributed by atoms with E-state index < -0.39 is 10.0 Å². The van der Waals surface area contributed by atoms with Crippen molar-refractivity contribution in [2.45, 2.75) is 43.7 Å². The van der Waals surface area contributed by atoms with Gasteiger partial charge in [0.2, 0.25) is 5.91 Å². The molecular formula is C21H28N2O3S2. The molecule has 0 bridgehead atoms. The van der Waals surface area contributed by atoms with Gasteiger partial charge in [-0.25, -0.2) is 8.42 Å². The Balaban J connectivity index is 2.30. The summed E-state index contributed by atoms with van der Waals surface area (Å²) < 4.78 is 27.0. The first kappa shape index (κ1) is 22.3. The third kappa shape index (κ3) is 5.10. The molecule has 7 heteroatoms. The molecule has 0 radical (unpaired) electrons. The maximum Gasteiger partial charge on any atom is 0.253 e. The Morgan fingerprint density at radius 3 is 2.21 bits per heavy atom. The number of thiophene rings is 1. The van der Waals surface area contributed by atoms with Gasteiger partial charge in [-0.3, -0.25) is 4.79 Å². The third-order valence-corrected chi connectivity index (χ3v) is 7.56. The number of hydrogen-bond donors (Lipinski definition) is 1. The molecule has 1 N–H and O–H groups in total. The van der Waals surface area contributed by atoms with E-state index in [-0.39, 0.29) is 35.0 Å². The highest BCUT2D eigenvalue weighted by atomic mass is 32.2. The molecule has 1 heterocycles. The number of benzene rings is 1. The van der Waals surface area contributed by atoms with Crippen LogP contribution < -0.4 is 5.32 Å². The Bertz CT molecular complexity index is 891. The van der Waals surface area contributed by atoms with E-state index >= 15 is 0 Å². The summed E-state index contributed by atoms with van der Waals surface area (Å²) in [5.74, 6) is 0.0956. The highest BCUT2D eigenvalue weighted by Crippen LogP contribution is 2.32. The van der Waals surface area contributed by atoms with Crippen molar-refractivity contribution in [3.63, 3.8) is 0 Å². The molecule has 0 aliphatic heterocycles. The Labute approximate surface area is 172 Å². The molecule has 0 aliphatic rings. The number of amides is 1. The number of rotatable bonds is 9. The predicted octanol–water partition coefficient (Wildman–Crippen LogP) is 4.81. The normalized spacial score (nSPS) is 12.0. The van der Waals surface area contributed by atoms with Crippen molar-refractivity contribution in [1.29, 1.82) is 0 Å². The minimum Gasteiger partial charge on any atom is -0.324 e. The molecule has 0 aliphatic carbocycles. The third-order valence-electron chi connectivity index (χ3n) is 4.38. The van der Waals surface area contributed by atoms with Gasteiger partial charge in [-0.05, 0) is 34.4 Å². The molecule has 0 saturated heterocycles. The Morgan fingerprint density at radius 1 is 1.14 bits per heavy atom. The summed E-state index contributed by atoms with van der Waals surface area (Å²) in [6.07, 6.45) is 1.49. The van der Waals surface area contributed by atoms with E-state index in [4.69, 9.17) is 0 Å². The molecule has 0 unspecified atom stereocenters.